The first-order chi connectivity index (χ1) is 15.2. The Morgan fingerprint density at radius 2 is 1.65 bits per heavy atom. The Morgan fingerprint density at radius 1 is 1.00 bits per heavy atom. The van der Waals surface area contributed by atoms with Crippen LogP contribution in [0.25, 0.3) is 32.6 Å². The number of aromatic nitrogens is 2. The van der Waals surface area contributed by atoms with Gasteiger partial charge in [0.15, 0.2) is 5.16 Å². The van der Waals surface area contributed by atoms with Crippen LogP contribution >= 0.6 is 11.8 Å². The van der Waals surface area contributed by atoms with Gasteiger partial charge in [-0.15, -0.1) is 0 Å². The van der Waals surface area contributed by atoms with Gasteiger partial charge in [0.25, 0.3) is 5.91 Å². The third-order valence-corrected chi connectivity index (χ3v) is 6.30. The van der Waals surface area contributed by atoms with Crippen LogP contribution in [-0.2, 0) is 11.8 Å². The van der Waals surface area contributed by atoms with Gasteiger partial charge in [-0.25, -0.2) is 10.4 Å². The summed E-state index contributed by atoms with van der Waals surface area (Å²) in [5.41, 5.74) is 5.63. The molecule has 0 saturated carbocycles. The Bertz CT molecular complexity index is 1400. The number of rotatable bonds is 5. The van der Waals surface area contributed by atoms with Crippen molar-refractivity contribution in [1.82, 2.24) is 15.0 Å². The van der Waals surface area contributed by atoms with Crippen molar-refractivity contribution in [3.05, 3.63) is 84.4 Å². The summed E-state index contributed by atoms with van der Waals surface area (Å²) in [6.45, 7) is 0. The van der Waals surface area contributed by atoms with Gasteiger partial charge in [-0.3, -0.25) is 4.79 Å². The number of para-hydroxylation sites is 2. The number of carbonyl (C=O) groups is 1. The van der Waals surface area contributed by atoms with E-state index in [2.05, 4.69) is 45.8 Å². The minimum Gasteiger partial charge on any atom is -0.322 e. The molecule has 0 atom stereocenters. The summed E-state index contributed by atoms with van der Waals surface area (Å²) in [6, 6.07) is 26.5. The molecule has 1 amide bonds. The summed E-state index contributed by atoms with van der Waals surface area (Å²) in [5, 5.41) is 9.56. The van der Waals surface area contributed by atoms with Gasteiger partial charge in [-0.05, 0) is 39.7 Å². The number of carbonyl (C=O) groups excluding carboxylic acids is 1. The predicted molar refractivity (Wildman–Crippen MR) is 129 cm³/mol. The quantitative estimate of drug-likeness (QED) is 0.184. The van der Waals surface area contributed by atoms with E-state index in [1.54, 1.807) is 6.21 Å². The lowest BCUT2D eigenvalue weighted by Crippen LogP contribution is -2.20. The number of imidazole rings is 1. The van der Waals surface area contributed by atoms with Crippen molar-refractivity contribution < 1.29 is 4.79 Å². The topological polar surface area (TPSA) is 59.3 Å². The molecule has 0 bridgehead atoms. The maximum atomic E-state index is 12.4. The van der Waals surface area contributed by atoms with E-state index in [1.165, 1.54) is 11.8 Å². The lowest BCUT2D eigenvalue weighted by atomic mass is 9.97. The summed E-state index contributed by atoms with van der Waals surface area (Å²) in [7, 11) is 1.96. The van der Waals surface area contributed by atoms with Gasteiger partial charge in [-0.2, -0.15) is 5.10 Å². The van der Waals surface area contributed by atoms with Crippen molar-refractivity contribution in [2.75, 3.05) is 5.75 Å². The zero-order valence-corrected chi connectivity index (χ0v) is 17.8. The normalized spacial score (nSPS) is 11.6. The first kappa shape index (κ1) is 19.3. The van der Waals surface area contributed by atoms with Gasteiger partial charge in [0.1, 0.15) is 0 Å². The highest BCUT2D eigenvalue weighted by atomic mass is 32.2. The van der Waals surface area contributed by atoms with Crippen LogP contribution in [0, 0.1) is 0 Å². The van der Waals surface area contributed by atoms with Gasteiger partial charge in [-0.1, -0.05) is 72.4 Å². The van der Waals surface area contributed by atoms with Gasteiger partial charge in [0.05, 0.1) is 23.0 Å². The molecule has 1 aromatic heterocycles. The largest absolute Gasteiger partial charge is 0.322 e. The third kappa shape index (κ3) is 3.78. The van der Waals surface area contributed by atoms with Crippen LogP contribution in [0.2, 0.25) is 0 Å². The average molecular weight is 425 g/mol. The molecular weight excluding hydrogens is 404 g/mol. The minimum absolute atomic E-state index is 0.169. The monoisotopic (exact) mass is 424 g/mol. The number of hydrazone groups is 1. The van der Waals surface area contributed by atoms with Crippen LogP contribution in [0.1, 0.15) is 5.56 Å². The summed E-state index contributed by atoms with van der Waals surface area (Å²) in [6.07, 6.45) is 1.74. The fourth-order valence-electron chi connectivity index (χ4n) is 3.77. The summed E-state index contributed by atoms with van der Waals surface area (Å²) >= 11 is 1.40. The van der Waals surface area contributed by atoms with E-state index in [-0.39, 0.29) is 11.7 Å². The van der Waals surface area contributed by atoms with Crippen molar-refractivity contribution in [3.8, 4) is 0 Å². The average Bonchev–Trinajstić information content (AvgIpc) is 3.13. The zero-order chi connectivity index (χ0) is 21.2. The number of hydrogen-bond acceptors (Lipinski definition) is 4. The molecule has 0 spiro atoms. The van der Waals surface area contributed by atoms with E-state index < -0.39 is 0 Å². The maximum absolute atomic E-state index is 12.4. The highest BCUT2D eigenvalue weighted by Gasteiger charge is 2.10. The second kappa shape index (κ2) is 8.24. The van der Waals surface area contributed by atoms with Gasteiger partial charge < -0.3 is 4.57 Å². The Morgan fingerprint density at radius 3 is 2.35 bits per heavy atom. The molecule has 6 heteroatoms. The van der Waals surface area contributed by atoms with Crippen molar-refractivity contribution in [1.29, 1.82) is 0 Å². The molecule has 0 aliphatic carbocycles. The molecule has 31 heavy (non-hydrogen) atoms. The lowest BCUT2D eigenvalue weighted by molar-refractivity contribution is -0.118. The molecule has 0 saturated heterocycles. The molecular formula is C25H20N4OS. The molecule has 5 nitrogen and oxygen atoms in total. The summed E-state index contributed by atoms with van der Waals surface area (Å²) in [4.78, 5) is 17.0. The van der Waals surface area contributed by atoms with Gasteiger partial charge in [0, 0.05) is 12.6 Å². The molecule has 5 rings (SSSR count). The molecule has 0 fully saturated rings. The van der Waals surface area contributed by atoms with Crippen LogP contribution in [0.3, 0.4) is 0 Å². The van der Waals surface area contributed by atoms with E-state index in [9.17, 15) is 4.79 Å². The maximum Gasteiger partial charge on any atom is 0.250 e. The fraction of sp³-hybridized carbons (Fsp3) is 0.0800. The summed E-state index contributed by atoms with van der Waals surface area (Å²) < 4.78 is 2.00. The molecule has 0 radical (unpaired) electrons. The number of benzene rings is 4. The highest BCUT2D eigenvalue weighted by molar-refractivity contribution is 7.99. The van der Waals surface area contributed by atoms with E-state index in [0.717, 1.165) is 43.3 Å². The van der Waals surface area contributed by atoms with E-state index in [0.29, 0.717) is 0 Å². The second-order valence-electron chi connectivity index (χ2n) is 7.26. The number of fused-ring (bicyclic) bond motifs is 3. The first-order valence-corrected chi connectivity index (χ1v) is 11.0. The fourth-order valence-corrected chi connectivity index (χ4v) is 4.55. The predicted octanol–water partition coefficient (Wildman–Crippen LogP) is 5.12. The van der Waals surface area contributed by atoms with Crippen molar-refractivity contribution in [2.24, 2.45) is 12.1 Å². The minimum atomic E-state index is -0.169. The van der Waals surface area contributed by atoms with Crippen LogP contribution < -0.4 is 5.43 Å². The number of amides is 1. The van der Waals surface area contributed by atoms with E-state index in [1.807, 2.05) is 60.1 Å². The SMILES string of the molecule is Cn1c(SCC(=O)N/N=C/c2c3ccccc3cc3ccccc23)nc2ccccc21. The Kier molecular flexibility index (Phi) is 5.14. The number of hydrogen-bond donors (Lipinski definition) is 1. The zero-order valence-electron chi connectivity index (χ0n) is 16.9. The molecule has 4 aromatic carbocycles. The molecule has 5 aromatic rings. The van der Waals surface area contributed by atoms with Gasteiger partial charge >= 0.3 is 0 Å². The third-order valence-electron chi connectivity index (χ3n) is 5.27. The number of nitrogens with zero attached hydrogens (tertiary/aromatic N) is 3. The molecule has 1 heterocycles. The number of nitrogens with one attached hydrogen (secondary N) is 1. The highest BCUT2D eigenvalue weighted by Crippen LogP contribution is 2.27. The van der Waals surface area contributed by atoms with Crippen LogP contribution in [0.4, 0.5) is 0 Å². The molecule has 0 aliphatic rings. The second-order valence-corrected chi connectivity index (χ2v) is 8.20. The van der Waals surface area contributed by atoms with E-state index in [4.69, 9.17) is 0 Å². The van der Waals surface area contributed by atoms with Crippen molar-refractivity contribution in [2.45, 2.75) is 5.16 Å². The number of thioether (sulfide) groups is 1. The van der Waals surface area contributed by atoms with Crippen molar-refractivity contribution >= 4 is 56.5 Å². The molecule has 0 aliphatic heterocycles. The smallest absolute Gasteiger partial charge is 0.250 e. The molecule has 152 valence electrons. The Balaban J connectivity index is 1.33. The van der Waals surface area contributed by atoms with E-state index >= 15 is 0 Å². The number of aryl methyl sites for hydroxylation is 1. The Labute approximate surface area is 183 Å². The first-order valence-electron chi connectivity index (χ1n) is 9.97. The van der Waals surface area contributed by atoms with Crippen LogP contribution in [-0.4, -0.2) is 27.4 Å². The Hall–Kier alpha value is -3.64. The van der Waals surface area contributed by atoms with Gasteiger partial charge in [0.2, 0.25) is 0 Å². The standard InChI is InChI=1S/C25H20N4OS/c1-29-23-13-7-6-12-22(23)27-25(29)31-16-24(30)28-26-15-21-19-10-4-2-8-17(19)14-18-9-3-5-11-20(18)21/h2-15H,16H2,1H3,(H,28,30)/b26-15+. The molecule has 1 N–H and O–H groups in total. The summed E-state index contributed by atoms with van der Waals surface area (Å²) in [5.74, 6) is 0.0722. The van der Waals surface area contributed by atoms with Crippen LogP contribution in [0.15, 0.2) is 89.1 Å². The lowest BCUT2D eigenvalue weighted by Gasteiger charge is -2.08. The van der Waals surface area contributed by atoms with Crippen LogP contribution in [0.5, 0.6) is 0 Å². The van der Waals surface area contributed by atoms with Crippen molar-refractivity contribution in [3.63, 3.8) is 0 Å². The molecule has 0 unspecified atom stereocenters.